The topological polar surface area (TPSA) is 168 Å². The van der Waals surface area contributed by atoms with Crippen molar-refractivity contribution in [3.63, 3.8) is 0 Å². The van der Waals surface area contributed by atoms with E-state index in [0.29, 0.717) is 32.2 Å². The number of carboxylic acid groups (broad SMARTS) is 2. The molecule has 182 valence electrons. The van der Waals surface area contributed by atoms with E-state index >= 15 is 0 Å². The number of nitrogens with one attached hydrogen (secondary N) is 2. The SMILES string of the molecule is CC(=O)NCC1CCC(C(=O)NC(Oc2ccccc2OCC(=O)O)(C(C)=O)C(=O)O)CC1.[Na].[Na]. The monoisotopic (exact) mass is 510 g/mol. The third-order valence-electron chi connectivity index (χ3n) is 5.42. The molecule has 1 fully saturated rings. The quantitative estimate of drug-likeness (QED) is 0.185. The van der Waals surface area contributed by atoms with Crippen LogP contribution in [0.3, 0.4) is 0 Å². The Morgan fingerprint density at radius 2 is 1.54 bits per heavy atom. The molecule has 1 aromatic carbocycles. The van der Waals surface area contributed by atoms with Crippen LogP contribution in [0.4, 0.5) is 0 Å². The molecular weight excluding hydrogens is 482 g/mol. The number of rotatable bonds is 11. The van der Waals surface area contributed by atoms with Crippen molar-refractivity contribution in [3.8, 4) is 11.5 Å². The average molecular weight is 510 g/mol. The number of hydrogen-bond donors (Lipinski definition) is 4. The molecule has 2 rings (SSSR count). The Kier molecular flexibility index (Phi) is 14.8. The van der Waals surface area contributed by atoms with Gasteiger partial charge in [0, 0.05) is 85.4 Å². The summed E-state index contributed by atoms with van der Waals surface area (Å²) >= 11 is 0. The van der Waals surface area contributed by atoms with Crippen molar-refractivity contribution in [2.75, 3.05) is 13.2 Å². The first kappa shape index (κ1) is 33.4. The summed E-state index contributed by atoms with van der Waals surface area (Å²) in [7, 11) is 0. The number of aliphatic carboxylic acids is 2. The van der Waals surface area contributed by atoms with Crippen LogP contribution in [0.5, 0.6) is 11.5 Å². The van der Waals surface area contributed by atoms with Crippen molar-refractivity contribution in [1.82, 2.24) is 10.6 Å². The molecule has 11 nitrogen and oxygen atoms in total. The molecule has 0 heterocycles. The van der Waals surface area contributed by atoms with Gasteiger partial charge in [0.25, 0.3) is 0 Å². The fraction of sp³-hybridized carbons (Fsp3) is 0.500. The molecular formula is C22H28N2Na2O9. The second-order valence-corrected chi connectivity index (χ2v) is 7.92. The number of amides is 2. The van der Waals surface area contributed by atoms with Crippen molar-refractivity contribution < 1.29 is 43.7 Å². The molecule has 2 amide bonds. The minimum absolute atomic E-state index is 0. The zero-order chi connectivity index (χ0) is 24.6. The van der Waals surface area contributed by atoms with E-state index in [2.05, 4.69) is 10.6 Å². The zero-order valence-corrected chi connectivity index (χ0v) is 24.5. The Morgan fingerprint density at radius 1 is 0.971 bits per heavy atom. The molecule has 0 aromatic heterocycles. The Bertz CT molecular complexity index is 904. The van der Waals surface area contributed by atoms with Crippen LogP contribution >= 0.6 is 0 Å². The molecule has 35 heavy (non-hydrogen) atoms. The first-order valence-corrected chi connectivity index (χ1v) is 10.5. The molecule has 1 unspecified atom stereocenters. The van der Waals surface area contributed by atoms with E-state index in [1.54, 1.807) is 0 Å². The van der Waals surface area contributed by atoms with Gasteiger partial charge in [0.1, 0.15) is 0 Å². The molecule has 1 aromatic rings. The van der Waals surface area contributed by atoms with E-state index in [4.69, 9.17) is 14.6 Å². The Balaban J connectivity index is 0.00000578. The second kappa shape index (κ2) is 15.5. The van der Waals surface area contributed by atoms with Crippen molar-refractivity contribution in [3.05, 3.63) is 24.3 Å². The number of carbonyl (C=O) groups is 5. The summed E-state index contributed by atoms with van der Waals surface area (Å²) in [5.74, 6) is -5.37. The minimum atomic E-state index is -2.72. The van der Waals surface area contributed by atoms with Gasteiger partial charge in [-0.1, -0.05) is 12.1 Å². The predicted octanol–water partition coefficient (Wildman–Crippen LogP) is 0.196. The zero-order valence-electron chi connectivity index (χ0n) is 20.5. The molecule has 1 saturated carbocycles. The number of carbonyl (C=O) groups excluding carboxylic acids is 3. The summed E-state index contributed by atoms with van der Waals surface area (Å²) in [5.41, 5.74) is -2.72. The average Bonchev–Trinajstić information content (AvgIpc) is 2.76. The van der Waals surface area contributed by atoms with Gasteiger partial charge in [-0.25, -0.2) is 9.59 Å². The van der Waals surface area contributed by atoms with Crippen molar-refractivity contribution in [2.24, 2.45) is 11.8 Å². The van der Waals surface area contributed by atoms with Crippen LogP contribution in [0.2, 0.25) is 0 Å². The van der Waals surface area contributed by atoms with Crippen molar-refractivity contribution in [2.45, 2.75) is 45.3 Å². The van der Waals surface area contributed by atoms with E-state index in [1.807, 2.05) is 0 Å². The van der Waals surface area contributed by atoms with E-state index < -0.39 is 41.9 Å². The fourth-order valence-electron chi connectivity index (χ4n) is 3.58. The molecule has 0 spiro atoms. The van der Waals surface area contributed by atoms with Crippen LogP contribution in [-0.2, 0) is 24.0 Å². The summed E-state index contributed by atoms with van der Waals surface area (Å²) < 4.78 is 10.6. The van der Waals surface area contributed by atoms with Gasteiger partial charge >= 0.3 is 17.7 Å². The molecule has 1 atom stereocenters. The number of Topliss-reactive ketones (excluding diaryl/α,β-unsaturated/α-hetero) is 1. The summed E-state index contributed by atoms with van der Waals surface area (Å²) in [4.78, 5) is 59.3. The summed E-state index contributed by atoms with van der Waals surface area (Å²) in [6.45, 7) is 2.19. The van der Waals surface area contributed by atoms with E-state index in [-0.39, 0.29) is 82.4 Å². The van der Waals surface area contributed by atoms with Gasteiger partial charge in [0.05, 0.1) is 0 Å². The standard InChI is InChI=1S/C22H28N2O9.2Na/c1-13(25)22(21(30)31,33-18-6-4-3-5-17(18)32-12-19(27)28)24-20(29)16-9-7-15(8-10-16)11-23-14(2)26;;/h3-6,15-16H,7-12H2,1-2H3,(H,23,26)(H,24,29)(H,27,28)(H,30,31);;. The van der Waals surface area contributed by atoms with Gasteiger partial charge in [-0.2, -0.15) is 0 Å². The van der Waals surface area contributed by atoms with E-state index in [1.165, 1.54) is 31.2 Å². The molecule has 0 bridgehead atoms. The van der Waals surface area contributed by atoms with Crippen LogP contribution in [0.25, 0.3) is 0 Å². The third kappa shape index (κ3) is 9.74. The summed E-state index contributed by atoms with van der Waals surface area (Å²) in [6.07, 6.45) is 2.24. The van der Waals surface area contributed by atoms with Gasteiger partial charge in [-0.05, 0) is 43.7 Å². The number of ketones is 1. The second-order valence-electron chi connectivity index (χ2n) is 7.92. The van der Waals surface area contributed by atoms with Crippen LogP contribution in [0, 0.1) is 11.8 Å². The van der Waals surface area contributed by atoms with Crippen LogP contribution < -0.4 is 20.1 Å². The molecule has 4 N–H and O–H groups in total. The number of carboxylic acids is 2. The Hall–Kier alpha value is -1.63. The summed E-state index contributed by atoms with van der Waals surface area (Å²) in [6, 6.07) is 5.65. The van der Waals surface area contributed by atoms with Gasteiger partial charge in [-0.3, -0.25) is 14.4 Å². The first-order valence-electron chi connectivity index (χ1n) is 10.5. The Labute approximate surface area is 247 Å². The van der Waals surface area contributed by atoms with Gasteiger partial charge < -0.3 is 30.3 Å². The maximum absolute atomic E-state index is 12.9. The molecule has 1 aliphatic rings. The fourth-order valence-corrected chi connectivity index (χ4v) is 3.58. The normalized spacial score (nSPS) is 18.3. The maximum atomic E-state index is 12.9. The molecule has 0 aliphatic heterocycles. The Morgan fingerprint density at radius 3 is 2.03 bits per heavy atom. The largest absolute Gasteiger partial charge is 0.479 e. The van der Waals surface area contributed by atoms with Crippen LogP contribution in [0.15, 0.2) is 24.3 Å². The predicted molar refractivity (Wildman–Crippen MR) is 125 cm³/mol. The third-order valence-corrected chi connectivity index (χ3v) is 5.42. The smallest absolute Gasteiger partial charge is 0.378 e. The van der Waals surface area contributed by atoms with Crippen molar-refractivity contribution >= 4 is 88.7 Å². The minimum Gasteiger partial charge on any atom is -0.479 e. The van der Waals surface area contributed by atoms with Gasteiger partial charge in [0.2, 0.25) is 17.6 Å². The van der Waals surface area contributed by atoms with E-state index in [0.717, 1.165) is 6.92 Å². The number of benzene rings is 1. The molecule has 2 radical (unpaired) electrons. The van der Waals surface area contributed by atoms with Gasteiger partial charge in [-0.15, -0.1) is 0 Å². The van der Waals surface area contributed by atoms with Gasteiger partial charge in [0.15, 0.2) is 18.1 Å². The van der Waals surface area contributed by atoms with Crippen LogP contribution in [-0.4, -0.2) is 118 Å². The number of ether oxygens (including phenoxy) is 2. The number of para-hydroxylation sites is 2. The van der Waals surface area contributed by atoms with E-state index in [9.17, 15) is 29.1 Å². The summed E-state index contributed by atoms with van der Waals surface area (Å²) in [5, 5.41) is 23.7. The van der Waals surface area contributed by atoms with Crippen LogP contribution in [0.1, 0.15) is 39.5 Å². The molecule has 13 heteroatoms. The van der Waals surface area contributed by atoms with Crippen molar-refractivity contribution in [1.29, 1.82) is 0 Å². The number of hydrogen-bond acceptors (Lipinski definition) is 7. The maximum Gasteiger partial charge on any atom is 0.378 e. The molecule has 0 saturated heterocycles. The first-order chi connectivity index (χ1) is 15.5. The molecule has 1 aliphatic carbocycles.